The van der Waals surface area contributed by atoms with E-state index in [1.807, 2.05) is 13.0 Å². The number of rotatable bonds is 5. The number of carbonyl (C=O) groups excluding carboxylic acids is 1. The van der Waals surface area contributed by atoms with E-state index in [-0.39, 0.29) is 18.0 Å². The van der Waals surface area contributed by atoms with E-state index < -0.39 is 5.97 Å². The van der Waals surface area contributed by atoms with E-state index in [2.05, 4.69) is 30.9 Å². The number of hydrogen-bond donors (Lipinski definition) is 2. The summed E-state index contributed by atoms with van der Waals surface area (Å²) < 4.78 is 4.95. The van der Waals surface area contributed by atoms with Crippen LogP contribution in [-0.2, 0) is 9.53 Å². The number of hydrogen-bond acceptors (Lipinski definition) is 7. The molecule has 0 saturated carbocycles. The lowest BCUT2D eigenvalue weighted by Gasteiger charge is -2.04. The summed E-state index contributed by atoms with van der Waals surface area (Å²) in [6.45, 7) is 3.92. The number of pyridine rings is 1. The number of H-pyrrole nitrogens is 1. The molecular weight excluding hydrogens is 260 g/mol. The van der Waals surface area contributed by atoms with Crippen LogP contribution in [-0.4, -0.2) is 38.2 Å². The second-order valence-corrected chi connectivity index (χ2v) is 3.88. The third-order valence-corrected chi connectivity index (χ3v) is 2.36. The van der Waals surface area contributed by atoms with E-state index in [1.165, 1.54) is 6.20 Å². The van der Waals surface area contributed by atoms with Crippen molar-refractivity contribution >= 4 is 17.4 Å². The average molecular weight is 274 g/mol. The van der Waals surface area contributed by atoms with Crippen LogP contribution in [0, 0.1) is 6.92 Å². The number of nitrogens with zero attached hydrogens (tertiary/aromatic N) is 4. The van der Waals surface area contributed by atoms with Gasteiger partial charge in [0.25, 0.3) is 0 Å². The zero-order chi connectivity index (χ0) is 14.4. The van der Waals surface area contributed by atoms with Crippen molar-refractivity contribution in [3.05, 3.63) is 35.9 Å². The Balaban J connectivity index is 2.20. The standard InChI is InChI=1S/C12H14N6O2/c1-3-20-12(19)9(11-15-17-18-16-11)7-14-10-5-4-8(2)6-13-10/h4-7H,3H2,1-2H3,(H,13,14)(H,15,16,17,18). The second-order valence-electron chi connectivity index (χ2n) is 3.88. The van der Waals surface area contributed by atoms with Crippen LogP contribution in [0.15, 0.2) is 24.5 Å². The molecular formula is C12H14N6O2. The van der Waals surface area contributed by atoms with Gasteiger partial charge in [-0.2, -0.15) is 5.21 Å². The number of aryl methyl sites for hydroxylation is 1. The fourth-order valence-corrected chi connectivity index (χ4v) is 1.40. The average Bonchev–Trinajstić information content (AvgIpc) is 2.95. The molecule has 8 heteroatoms. The van der Waals surface area contributed by atoms with Crippen molar-refractivity contribution in [2.24, 2.45) is 0 Å². The number of ether oxygens (including phenoxy) is 1. The molecule has 0 radical (unpaired) electrons. The van der Waals surface area contributed by atoms with Gasteiger partial charge >= 0.3 is 5.97 Å². The summed E-state index contributed by atoms with van der Waals surface area (Å²) in [4.78, 5) is 16.0. The fourth-order valence-electron chi connectivity index (χ4n) is 1.40. The number of carbonyl (C=O) groups is 1. The third-order valence-electron chi connectivity index (χ3n) is 2.36. The highest BCUT2D eigenvalue weighted by Crippen LogP contribution is 2.11. The zero-order valence-electron chi connectivity index (χ0n) is 11.1. The van der Waals surface area contributed by atoms with Gasteiger partial charge in [-0.15, -0.1) is 10.2 Å². The van der Waals surface area contributed by atoms with E-state index in [1.54, 1.807) is 19.2 Å². The van der Waals surface area contributed by atoms with Crippen LogP contribution >= 0.6 is 0 Å². The number of esters is 1. The predicted octanol–water partition coefficient (Wildman–Crippen LogP) is 0.919. The van der Waals surface area contributed by atoms with Crippen molar-refractivity contribution in [1.29, 1.82) is 0 Å². The molecule has 0 aliphatic carbocycles. The van der Waals surface area contributed by atoms with Gasteiger partial charge in [-0.1, -0.05) is 6.07 Å². The van der Waals surface area contributed by atoms with E-state index in [0.717, 1.165) is 5.56 Å². The predicted molar refractivity (Wildman–Crippen MR) is 71.4 cm³/mol. The Hall–Kier alpha value is -2.77. The number of tetrazole rings is 1. The highest BCUT2D eigenvalue weighted by atomic mass is 16.5. The Bertz CT molecular complexity index is 591. The first kappa shape index (κ1) is 13.7. The first-order valence-electron chi connectivity index (χ1n) is 6.01. The van der Waals surface area contributed by atoms with Gasteiger partial charge in [0.2, 0.25) is 5.82 Å². The lowest BCUT2D eigenvalue weighted by molar-refractivity contribution is -0.136. The molecule has 0 unspecified atom stereocenters. The highest BCUT2D eigenvalue weighted by Gasteiger charge is 2.17. The fraction of sp³-hybridized carbons (Fsp3) is 0.250. The summed E-state index contributed by atoms with van der Waals surface area (Å²) in [5.41, 5.74) is 1.21. The molecule has 0 atom stereocenters. The van der Waals surface area contributed by atoms with Crippen molar-refractivity contribution in [3.8, 4) is 0 Å². The van der Waals surface area contributed by atoms with Gasteiger partial charge in [-0.05, 0) is 30.7 Å². The molecule has 2 heterocycles. The maximum atomic E-state index is 11.8. The van der Waals surface area contributed by atoms with Crippen LogP contribution in [0.4, 0.5) is 5.82 Å². The van der Waals surface area contributed by atoms with Crippen LogP contribution in [0.1, 0.15) is 18.3 Å². The Kier molecular flexibility index (Phi) is 4.38. The summed E-state index contributed by atoms with van der Waals surface area (Å²) in [6.07, 6.45) is 3.16. The van der Waals surface area contributed by atoms with Gasteiger partial charge in [0.05, 0.1) is 6.61 Å². The second kappa shape index (κ2) is 6.41. The van der Waals surface area contributed by atoms with Crippen molar-refractivity contribution in [2.75, 3.05) is 11.9 Å². The van der Waals surface area contributed by atoms with Crippen LogP contribution in [0.5, 0.6) is 0 Å². The Morgan fingerprint density at radius 3 is 2.95 bits per heavy atom. The first-order chi connectivity index (χ1) is 9.70. The lowest BCUT2D eigenvalue weighted by Crippen LogP contribution is -2.10. The topological polar surface area (TPSA) is 106 Å². The molecule has 0 amide bonds. The summed E-state index contributed by atoms with van der Waals surface area (Å²) in [5, 5.41) is 16.2. The quantitative estimate of drug-likeness (QED) is 0.616. The molecule has 2 aromatic heterocycles. The van der Waals surface area contributed by atoms with E-state index in [0.29, 0.717) is 5.82 Å². The molecule has 0 aromatic carbocycles. The minimum atomic E-state index is -0.534. The molecule has 8 nitrogen and oxygen atoms in total. The number of anilines is 1. The molecule has 2 rings (SSSR count). The molecule has 2 aromatic rings. The first-order valence-corrected chi connectivity index (χ1v) is 6.01. The monoisotopic (exact) mass is 274 g/mol. The molecule has 2 N–H and O–H groups in total. The molecule has 20 heavy (non-hydrogen) atoms. The van der Waals surface area contributed by atoms with Gasteiger partial charge in [0.1, 0.15) is 11.4 Å². The highest BCUT2D eigenvalue weighted by molar-refractivity contribution is 6.15. The lowest BCUT2D eigenvalue weighted by atomic mass is 10.2. The van der Waals surface area contributed by atoms with Crippen LogP contribution in [0.25, 0.3) is 5.57 Å². The van der Waals surface area contributed by atoms with Gasteiger partial charge in [0.15, 0.2) is 0 Å². The number of nitrogens with one attached hydrogen (secondary N) is 2. The normalized spacial score (nSPS) is 11.2. The van der Waals surface area contributed by atoms with Crippen molar-refractivity contribution in [2.45, 2.75) is 13.8 Å². The van der Waals surface area contributed by atoms with Gasteiger partial charge in [-0.25, -0.2) is 9.78 Å². The maximum absolute atomic E-state index is 11.8. The number of aromatic nitrogens is 5. The maximum Gasteiger partial charge on any atom is 0.343 e. The minimum Gasteiger partial charge on any atom is -0.462 e. The van der Waals surface area contributed by atoms with E-state index in [4.69, 9.17) is 4.74 Å². The van der Waals surface area contributed by atoms with Crippen molar-refractivity contribution < 1.29 is 9.53 Å². The molecule has 0 fully saturated rings. The van der Waals surface area contributed by atoms with Gasteiger partial charge in [-0.3, -0.25) is 0 Å². The minimum absolute atomic E-state index is 0.156. The van der Waals surface area contributed by atoms with Gasteiger partial charge < -0.3 is 10.1 Å². The van der Waals surface area contributed by atoms with Crippen molar-refractivity contribution in [1.82, 2.24) is 25.6 Å². The van der Waals surface area contributed by atoms with Crippen LogP contribution in [0.3, 0.4) is 0 Å². The van der Waals surface area contributed by atoms with E-state index >= 15 is 0 Å². The van der Waals surface area contributed by atoms with Crippen LogP contribution < -0.4 is 5.32 Å². The van der Waals surface area contributed by atoms with Crippen molar-refractivity contribution in [3.63, 3.8) is 0 Å². The molecule has 0 saturated heterocycles. The Morgan fingerprint density at radius 2 is 2.35 bits per heavy atom. The summed E-state index contributed by atoms with van der Waals surface area (Å²) in [7, 11) is 0. The Labute approximate surface area is 115 Å². The summed E-state index contributed by atoms with van der Waals surface area (Å²) in [6, 6.07) is 3.70. The molecule has 104 valence electrons. The molecule has 0 aliphatic rings. The third kappa shape index (κ3) is 3.37. The summed E-state index contributed by atoms with van der Waals surface area (Å²) >= 11 is 0. The zero-order valence-corrected chi connectivity index (χ0v) is 11.1. The number of aromatic amines is 1. The largest absolute Gasteiger partial charge is 0.462 e. The molecule has 0 aliphatic heterocycles. The Morgan fingerprint density at radius 1 is 1.50 bits per heavy atom. The molecule has 0 spiro atoms. The smallest absolute Gasteiger partial charge is 0.343 e. The molecule has 0 bridgehead atoms. The summed E-state index contributed by atoms with van der Waals surface area (Å²) in [5.74, 6) is 0.220. The van der Waals surface area contributed by atoms with Crippen LogP contribution in [0.2, 0.25) is 0 Å². The SMILES string of the molecule is CCOC(=O)C(=CNc1ccc(C)cn1)c1nn[nH]n1. The van der Waals surface area contributed by atoms with E-state index in [9.17, 15) is 4.79 Å². The van der Waals surface area contributed by atoms with Gasteiger partial charge in [0, 0.05) is 12.4 Å².